The van der Waals surface area contributed by atoms with Gasteiger partial charge in [-0.2, -0.15) is 0 Å². The number of rotatable bonds is 8. The zero-order chi connectivity index (χ0) is 23.5. The molecule has 170 valence electrons. The first-order valence-electron chi connectivity index (χ1n) is 11.5. The third-order valence-corrected chi connectivity index (χ3v) is 6.23. The Morgan fingerprint density at radius 3 is 2.58 bits per heavy atom. The summed E-state index contributed by atoms with van der Waals surface area (Å²) in [6, 6.07) is 14.6. The van der Waals surface area contributed by atoms with E-state index in [-0.39, 0.29) is 5.78 Å². The predicted molar refractivity (Wildman–Crippen MR) is 137 cm³/mol. The Hall–Kier alpha value is -3.31. The van der Waals surface area contributed by atoms with Gasteiger partial charge < -0.3 is 10.6 Å². The number of benzene rings is 2. The molecule has 4 aromatic rings. The fourth-order valence-corrected chi connectivity index (χ4v) is 4.33. The Labute approximate surface area is 195 Å². The summed E-state index contributed by atoms with van der Waals surface area (Å²) in [5.74, 6) is 0.690. The molecule has 5 nitrogen and oxygen atoms in total. The van der Waals surface area contributed by atoms with Crippen molar-refractivity contribution in [3.63, 3.8) is 0 Å². The van der Waals surface area contributed by atoms with E-state index in [1.54, 1.807) is 0 Å². The number of nitrogens with two attached hydrogens (primary N) is 1. The summed E-state index contributed by atoms with van der Waals surface area (Å²) in [6.07, 6.45) is 5.14. The maximum atomic E-state index is 12.5. The second kappa shape index (κ2) is 9.67. The van der Waals surface area contributed by atoms with Crippen LogP contribution >= 0.6 is 0 Å². The van der Waals surface area contributed by atoms with E-state index in [1.165, 1.54) is 11.1 Å². The zero-order valence-corrected chi connectivity index (χ0v) is 20.0. The van der Waals surface area contributed by atoms with Crippen molar-refractivity contribution in [1.29, 1.82) is 0 Å². The number of hydrogen-bond acceptors (Lipinski definition) is 5. The molecule has 2 aromatic carbocycles. The maximum absolute atomic E-state index is 12.5. The van der Waals surface area contributed by atoms with Crippen LogP contribution in [0.15, 0.2) is 48.7 Å². The van der Waals surface area contributed by atoms with Gasteiger partial charge in [0.15, 0.2) is 11.6 Å². The van der Waals surface area contributed by atoms with Crippen LogP contribution < -0.4 is 5.73 Å². The van der Waals surface area contributed by atoms with Crippen molar-refractivity contribution in [2.24, 2.45) is 0 Å². The molecule has 0 spiro atoms. The summed E-state index contributed by atoms with van der Waals surface area (Å²) < 4.78 is 0. The van der Waals surface area contributed by atoms with Gasteiger partial charge in [-0.15, -0.1) is 0 Å². The van der Waals surface area contributed by atoms with E-state index in [1.807, 2.05) is 32.4 Å². The lowest BCUT2D eigenvalue weighted by Gasteiger charge is -2.11. The van der Waals surface area contributed by atoms with E-state index in [0.717, 1.165) is 64.3 Å². The molecular weight excluding hydrogens is 408 g/mol. The molecule has 4 rings (SSSR count). The standard InChI is InChI=1S/C28H32N4O/c1-18-7-12-23-24-16-20(17-30-27(24)28(29)31-25(23)14-18)8-9-21-10-11-22(15-19(21)2)26(33)6-5-13-32(3)4/h7,10-12,14-17H,5-6,8-9,13H2,1-4H3,(H2,29,31). The van der Waals surface area contributed by atoms with Crippen molar-refractivity contribution in [2.45, 2.75) is 39.5 Å². The molecule has 33 heavy (non-hydrogen) atoms. The molecule has 0 atom stereocenters. The van der Waals surface area contributed by atoms with Gasteiger partial charge in [-0.25, -0.2) is 4.98 Å². The van der Waals surface area contributed by atoms with E-state index in [2.05, 4.69) is 59.0 Å². The van der Waals surface area contributed by atoms with Crippen LogP contribution in [-0.4, -0.2) is 41.3 Å². The van der Waals surface area contributed by atoms with Gasteiger partial charge in [0.1, 0.15) is 5.52 Å². The number of nitrogens with zero attached hydrogens (tertiary/aromatic N) is 3. The van der Waals surface area contributed by atoms with E-state index in [0.29, 0.717) is 12.2 Å². The largest absolute Gasteiger partial charge is 0.382 e. The molecule has 0 amide bonds. The number of aromatic nitrogens is 2. The Balaban J connectivity index is 1.51. The second-order valence-electron chi connectivity index (χ2n) is 9.23. The van der Waals surface area contributed by atoms with Crippen LogP contribution in [0.5, 0.6) is 0 Å². The number of ketones is 1. The quantitative estimate of drug-likeness (QED) is 0.298. The van der Waals surface area contributed by atoms with Crippen LogP contribution in [0.2, 0.25) is 0 Å². The molecule has 5 heteroatoms. The van der Waals surface area contributed by atoms with E-state index in [9.17, 15) is 4.79 Å². The van der Waals surface area contributed by atoms with Crippen LogP contribution in [0.25, 0.3) is 21.8 Å². The highest BCUT2D eigenvalue weighted by Gasteiger charge is 2.11. The lowest BCUT2D eigenvalue weighted by atomic mass is 9.96. The summed E-state index contributed by atoms with van der Waals surface area (Å²) in [6.45, 7) is 5.08. The van der Waals surface area contributed by atoms with Gasteiger partial charge in [0.25, 0.3) is 0 Å². The summed E-state index contributed by atoms with van der Waals surface area (Å²) in [5, 5.41) is 2.12. The van der Waals surface area contributed by atoms with Gasteiger partial charge in [0.2, 0.25) is 0 Å². The number of aryl methyl sites for hydroxylation is 4. The first-order chi connectivity index (χ1) is 15.8. The molecule has 0 saturated carbocycles. The van der Waals surface area contributed by atoms with Crippen LogP contribution in [-0.2, 0) is 12.8 Å². The third-order valence-electron chi connectivity index (χ3n) is 6.23. The van der Waals surface area contributed by atoms with Crippen LogP contribution in [0.1, 0.15) is 45.5 Å². The van der Waals surface area contributed by atoms with Crippen LogP contribution in [0, 0.1) is 13.8 Å². The minimum atomic E-state index is 0.221. The van der Waals surface area contributed by atoms with Crippen molar-refractivity contribution in [2.75, 3.05) is 26.4 Å². The van der Waals surface area contributed by atoms with Crippen molar-refractivity contribution >= 4 is 33.4 Å². The highest BCUT2D eigenvalue weighted by Crippen LogP contribution is 2.28. The van der Waals surface area contributed by atoms with E-state index >= 15 is 0 Å². The fourth-order valence-electron chi connectivity index (χ4n) is 4.33. The molecule has 0 aliphatic rings. The predicted octanol–water partition coefficient (Wildman–Crippen LogP) is 5.29. The maximum Gasteiger partial charge on any atom is 0.162 e. The average Bonchev–Trinajstić information content (AvgIpc) is 2.77. The van der Waals surface area contributed by atoms with E-state index in [4.69, 9.17) is 5.73 Å². The number of fused-ring (bicyclic) bond motifs is 3. The Morgan fingerprint density at radius 1 is 1.00 bits per heavy atom. The molecule has 2 N–H and O–H groups in total. The minimum Gasteiger partial charge on any atom is -0.382 e. The Kier molecular flexibility index (Phi) is 6.70. The van der Waals surface area contributed by atoms with Gasteiger partial charge in [-0.05, 0) is 94.2 Å². The smallest absolute Gasteiger partial charge is 0.162 e. The van der Waals surface area contributed by atoms with Gasteiger partial charge in [-0.3, -0.25) is 9.78 Å². The minimum absolute atomic E-state index is 0.221. The highest BCUT2D eigenvalue weighted by molar-refractivity contribution is 6.08. The van der Waals surface area contributed by atoms with E-state index < -0.39 is 0 Å². The second-order valence-corrected chi connectivity index (χ2v) is 9.23. The fraction of sp³-hybridized carbons (Fsp3) is 0.321. The monoisotopic (exact) mass is 440 g/mol. The number of Topliss-reactive ketones (excluding diaryl/α,β-unsaturated/α-hetero) is 1. The van der Waals surface area contributed by atoms with Crippen molar-refractivity contribution in [3.05, 3.63) is 76.5 Å². The lowest BCUT2D eigenvalue weighted by molar-refractivity contribution is 0.0977. The Bertz CT molecular complexity index is 1330. The van der Waals surface area contributed by atoms with Crippen LogP contribution in [0.4, 0.5) is 5.82 Å². The molecule has 0 bridgehead atoms. The molecule has 0 radical (unpaired) electrons. The molecule has 0 saturated heterocycles. The highest BCUT2D eigenvalue weighted by atomic mass is 16.1. The third kappa shape index (κ3) is 5.20. The summed E-state index contributed by atoms with van der Waals surface area (Å²) in [4.78, 5) is 23.8. The topological polar surface area (TPSA) is 72.1 Å². The average molecular weight is 441 g/mol. The normalized spacial score (nSPS) is 11.5. The van der Waals surface area contributed by atoms with Crippen molar-refractivity contribution < 1.29 is 4.79 Å². The number of pyridine rings is 2. The molecule has 0 unspecified atom stereocenters. The van der Waals surface area contributed by atoms with Gasteiger partial charge >= 0.3 is 0 Å². The summed E-state index contributed by atoms with van der Waals surface area (Å²) in [5.41, 5.74) is 13.4. The lowest BCUT2D eigenvalue weighted by Crippen LogP contribution is -2.14. The van der Waals surface area contributed by atoms with Gasteiger partial charge in [0.05, 0.1) is 5.52 Å². The molecular formula is C28H32N4O. The van der Waals surface area contributed by atoms with Gasteiger partial charge in [-0.1, -0.05) is 24.3 Å². The molecule has 0 fully saturated rings. The molecule has 0 aliphatic heterocycles. The van der Waals surface area contributed by atoms with Gasteiger partial charge in [0, 0.05) is 29.0 Å². The first kappa shape index (κ1) is 22.9. The summed E-state index contributed by atoms with van der Waals surface area (Å²) >= 11 is 0. The zero-order valence-electron chi connectivity index (χ0n) is 20.0. The number of nitrogen functional groups attached to an aromatic ring is 1. The first-order valence-corrected chi connectivity index (χ1v) is 11.5. The number of carbonyl (C=O) groups excluding carboxylic acids is 1. The van der Waals surface area contributed by atoms with Crippen LogP contribution in [0.3, 0.4) is 0 Å². The number of carbonyl (C=O) groups is 1. The molecule has 2 heterocycles. The number of anilines is 1. The van der Waals surface area contributed by atoms with Crippen molar-refractivity contribution in [1.82, 2.24) is 14.9 Å². The SMILES string of the molecule is Cc1ccc2c(c1)nc(N)c1ncc(CCc3ccc(C(=O)CCCN(C)C)cc3C)cc12. The number of hydrogen-bond donors (Lipinski definition) is 1. The molecule has 0 aliphatic carbocycles. The Morgan fingerprint density at radius 2 is 1.82 bits per heavy atom. The summed E-state index contributed by atoms with van der Waals surface area (Å²) in [7, 11) is 4.06. The van der Waals surface area contributed by atoms with Crippen molar-refractivity contribution in [3.8, 4) is 0 Å². The molecule has 2 aromatic heterocycles.